The van der Waals surface area contributed by atoms with Crippen LogP contribution >= 0.6 is 0 Å². The molecule has 18 heavy (non-hydrogen) atoms. The third-order valence-corrected chi connectivity index (χ3v) is 2.87. The van der Waals surface area contributed by atoms with Gasteiger partial charge in [0, 0.05) is 0 Å². The Hall–Kier alpha value is -1.96. The minimum absolute atomic E-state index is 0.00926. The predicted molar refractivity (Wildman–Crippen MR) is 70.6 cm³/mol. The molecule has 0 heterocycles. The van der Waals surface area contributed by atoms with Gasteiger partial charge in [-0.15, -0.1) is 0 Å². The van der Waals surface area contributed by atoms with Crippen molar-refractivity contribution >= 4 is 5.57 Å². The molecule has 0 aromatic heterocycles. The average molecular weight is 244 g/mol. The standard InChI is InChI=1S/C16H14F2/c1-11-3-7-13(8-4-11)15(16(17)18)14-9-5-12(2)6-10-14/h3-10H,1-2H3. The van der Waals surface area contributed by atoms with Crippen molar-refractivity contribution in [2.24, 2.45) is 0 Å². The van der Waals surface area contributed by atoms with Crippen LogP contribution in [-0.4, -0.2) is 0 Å². The molecule has 2 rings (SSSR count). The van der Waals surface area contributed by atoms with Crippen LogP contribution in [0.15, 0.2) is 54.6 Å². The summed E-state index contributed by atoms with van der Waals surface area (Å²) in [7, 11) is 0. The Balaban J connectivity index is 2.51. The lowest BCUT2D eigenvalue weighted by Gasteiger charge is -2.08. The summed E-state index contributed by atoms with van der Waals surface area (Å²) in [6.07, 6.45) is -1.65. The lowest BCUT2D eigenvalue weighted by atomic mass is 9.97. The van der Waals surface area contributed by atoms with Gasteiger partial charge >= 0.3 is 0 Å². The second-order valence-corrected chi connectivity index (χ2v) is 4.37. The lowest BCUT2D eigenvalue weighted by Crippen LogP contribution is -1.90. The van der Waals surface area contributed by atoms with E-state index in [1.807, 2.05) is 38.1 Å². The summed E-state index contributed by atoms with van der Waals surface area (Å²) in [5.74, 6) is 0. The molecule has 0 fully saturated rings. The summed E-state index contributed by atoms with van der Waals surface area (Å²) in [5.41, 5.74) is 3.21. The first-order valence-electron chi connectivity index (χ1n) is 5.77. The van der Waals surface area contributed by atoms with Crippen molar-refractivity contribution in [1.29, 1.82) is 0 Å². The van der Waals surface area contributed by atoms with Crippen LogP contribution in [0.2, 0.25) is 0 Å². The van der Waals surface area contributed by atoms with E-state index < -0.39 is 6.08 Å². The SMILES string of the molecule is Cc1ccc(C(=C(F)F)c2ccc(C)cc2)cc1. The monoisotopic (exact) mass is 244 g/mol. The third-order valence-electron chi connectivity index (χ3n) is 2.87. The van der Waals surface area contributed by atoms with Crippen LogP contribution in [-0.2, 0) is 0 Å². The first kappa shape index (κ1) is 12.5. The molecule has 0 aliphatic heterocycles. The second kappa shape index (κ2) is 5.13. The van der Waals surface area contributed by atoms with Gasteiger partial charge < -0.3 is 0 Å². The minimum Gasteiger partial charge on any atom is -0.173 e. The molecule has 2 aromatic rings. The van der Waals surface area contributed by atoms with Gasteiger partial charge in [0.25, 0.3) is 6.08 Å². The van der Waals surface area contributed by atoms with Crippen LogP contribution in [0.5, 0.6) is 0 Å². The molecule has 0 nitrogen and oxygen atoms in total. The topological polar surface area (TPSA) is 0 Å². The number of hydrogen-bond acceptors (Lipinski definition) is 0. The van der Waals surface area contributed by atoms with Gasteiger partial charge in [-0.3, -0.25) is 0 Å². The molecule has 0 N–H and O–H groups in total. The number of aryl methyl sites for hydroxylation is 2. The molecule has 0 amide bonds. The van der Waals surface area contributed by atoms with E-state index in [0.29, 0.717) is 11.1 Å². The number of halogens is 2. The summed E-state index contributed by atoms with van der Waals surface area (Å²) in [4.78, 5) is 0. The summed E-state index contributed by atoms with van der Waals surface area (Å²) < 4.78 is 26.3. The Kier molecular flexibility index (Phi) is 3.56. The number of rotatable bonds is 2. The van der Waals surface area contributed by atoms with E-state index in [0.717, 1.165) is 11.1 Å². The fraction of sp³-hybridized carbons (Fsp3) is 0.125. The van der Waals surface area contributed by atoms with E-state index in [1.54, 1.807) is 24.3 Å². The maximum Gasteiger partial charge on any atom is 0.278 e. The van der Waals surface area contributed by atoms with Crippen molar-refractivity contribution in [1.82, 2.24) is 0 Å². The van der Waals surface area contributed by atoms with Crippen molar-refractivity contribution < 1.29 is 8.78 Å². The molecule has 0 saturated carbocycles. The Labute approximate surface area is 106 Å². The highest BCUT2D eigenvalue weighted by molar-refractivity contribution is 5.80. The van der Waals surface area contributed by atoms with Crippen molar-refractivity contribution in [2.75, 3.05) is 0 Å². The molecule has 0 spiro atoms. The van der Waals surface area contributed by atoms with Crippen molar-refractivity contribution in [2.45, 2.75) is 13.8 Å². The minimum atomic E-state index is -1.65. The Morgan fingerprint density at radius 2 is 1.00 bits per heavy atom. The molecule has 2 heteroatoms. The highest BCUT2D eigenvalue weighted by Gasteiger charge is 2.11. The normalized spacial score (nSPS) is 10.2. The highest BCUT2D eigenvalue weighted by atomic mass is 19.3. The molecule has 0 aliphatic rings. The molecule has 0 bridgehead atoms. The fourth-order valence-electron chi connectivity index (χ4n) is 1.83. The number of hydrogen-bond donors (Lipinski definition) is 0. The molecular formula is C16H14F2. The lowest BCUT2D eigenvalue weighted by molar-refractivity contribution is 0.426. The van der Waals surface area contributed by atoms with Gasteiger partial charge in [-0.25, -0.2) is 0 Å². The first-order valence-corrected chi connectivity index (χ1v) is 5.77. The van der Waals surface area contributed by atoms with Crippen LogP contribution in [0.3, 0.4) is 0 Å². The largest absolute Gasteiger partial charge is 0.278 e. The van der Waals surface area contributed by atoms with Crippen molar-refractivity contribution in [3.63, 3.8) is 0 Å². The van der Waals surface area contributed by atoms with Gasteiger partial charge in [0.1, 0.15) is 0 Å². The van der Waals surface area contributed by atoms with E-state index in [4.69, 9.17) is 0 Å². The third kappa shape index (κ3) is 2.65. The first-order chi connectivity index (χ1) is 8.58. The average Bonchev–Trinajstić information content (AvgIpc) is 2.34. The van der Waals surface area contributed by atoms with Crippen LogP contribution in [0.25, 0.3) is 5.57 Å². The van der Waals surface area contributed by atoms with Gasteiger partial charge in [0.2, 0.25) is 0 Å². The van der Waals surface area contributed by atoms with Crippen LogP contribution in [0.4, 0.5) is 8.78 Å². The smallest absolute Gasteiger partial charge is 0.173 e. The Morgan fingerprint density at radius 1 is 0.667 bits per heavy atom. The highest BCUT2D eigenvalue weighted by Crippen LogP contribution is 2.28. The summed E-state index contributed by atoms with van der Waals surface area (Å²) in [6, 6.07) is 14.3. The van der Waals surface area contributed by atoms with Crippen molar-refractivity contribution in [3.8, 4) is 0 Å². The van der Waals surface area contributed by atoms with Gasteiger partial charge in [0.05, 0.1) is 5.57 Å². The van der Waals surface area contributed by atoms with Gasteiger partial charge in [-0.2, -0.15) is 8.78 Å². The quantitative estimate of drug-likeness (QED) is 0.700. The molecular weight excluding hydrogens is 230 g/mol. The molecule has 92 valence electrons. The van der Waals surface area contributed by atoms with Gasteiger partial charge in [-0.05, 0) is 25.0 Å². The summed E-state index contributed by atoms with van der Waals surface area (Å²) in [5, 5.41) is 0. The Morgan fingerprint density at radius 3 is 1.28 bits per heavy atom. The van der Waals surface area contributed by atoms with Gasteiger partial charge in [0.15, 0.2) is 0 Å². The van der Waals surface area contributed by atoms with E-state index >= 15 is 0 Å². The predicted octanol–water partition coefficient (Wildman–Crippen LogP) is 4.96. The molecule has 0 atom stereocenters. The zero-order chi connectivity index (χ0) is 13.1. The maximum absolute atomic E-state index is 13.2. The van der Waals surface area contributed by atoms with Crippen LogP contribution in [0.1, 0.15) is 22.3 Å². The van der Waals surface area contributed by atoms with Crippen LogP contribution < -0.4 is 0 Å². The second-order valence-electron chi connectivity index (χ2n) is 4.37. The zero-order valence-corrected chi connectivity index (χ0v) is 10.4. The molecule has 0 saturated heterocycles. The maximum atomic E-state index is 13.2. The molecule has 0 radical (unpaired) electrons. The molecule has 0 aliphatic carbocycles. The molecule has 2 aromatic carbocycles. The Bertz CT molecular complexity index is 512. The summed E-state index contributed by atoms with van der Waals surface area (Å²) in [6.45, 7) is 3.87. The van der Waals surface area contributed by atoms with E-state index in [1.165, 1.54) is 0 Å². The fourth-order valence-corrected chi connectivity index (χ4v) is 1.83. The van der Waals surface area contributed by atoms with Gasteiger partial charge in [-0.1, -0.05) is 59.7 Å². The summed E-state index contributed by atoms with van der Waals surface area (Å²) >= 11 is 0. The van der Waals surface area contributed by atoms with Crippen LogP contribution in [0, 0.1) is 13.8 Å². The zero-order valence-electron chi connectivity index (χ0n) is 10.4. The van der Waals surface area contributed by atoms with E-state index in [-0.39, 0.29) is 5.57 Å². The van der Waals surface area contributed by atoms with E-state index in [2.05, 4.69) is 0 Å². The molecule has 0 unspecified atom stereocenters. The van der Waals surface area contributed by atoms with Crippen molar-refractivity contribution in [3.05, 3.63) is 76.9 Å². The number of benzene rings is 2. The van der Waals surface area contributed by atoms with E-state index in [9.17, 15) is 8.78 Å².